The molecule has 0 bridgehead atoms. The standard InChI is InChI=1S/C15H17BrClNO2S/c1-9(18-8-11-7-13(16)15(17)21-11)12-6-10(19-2)4-5-14(12)20-3/h4-7,9,18H,8H2,1-3H3. The van der Waals surface area contributed by atoms with E-state index in [9.17, 15) is 0 Å². The van der Waals surface area contributed by atoms with Crippen LogP contribution in [0.15, 0.2) is 28.7 Å². The van der Waals surface area contributed by atoms with E-state index >= 15 is 0 Å². The quantitative estimate of drug-likeness (QED) is 0.750. The van der Waals surface area contributed by atoms with Gasteiger partial charge in [0.2, 0.25) is 0 Å². The molecule has 1 aromatic heterocycles. The Labute approximate surface area is 142 Å². The molecule has 0 spiro atoms. The Morgan fingerprint density at radius 2 is 2.05 bits per heavy atom. The van der Waals surface area contributed by atoms with E-state index in [0.29, 0.717) is 0 Å². The van der Waals surface area contributed by atoms with E-state index in [1.54, 1.807) is 25.6 Å². The van der Waals surface area contributed by atoms with Gasteiger partial charge in [-0.25, -0.2) is 0 Å². The lowest BCUT2D eigenvalue weighted by Gasteiger charge is -2.18. The molecule has 21 heavy (non-hydrogen) atoms. The third-order valence-corrected chi connectivity index (χ3v) is 5.66. The highest BCUT2D eigenvalue weighted by atomic mass is 79.9. The maximum absolute atomic E-state index is 6.06. The van der Waals surface area contributed by atoms with Gasteiger partial charge in [-0.3, -0.25) is 0 Å². The van der Waals surface area contributed by atoms with Crippen molar-refractivity contribution in [1.29, 1.82) is 0 Å². The molecule has 3 nitrogen and oxygen atoms in total. The molecule has 1 heterocycles. The molecule has 114 valence electrons. The molecule has 0 amide bonds. The zero-order chi connectivity index (χ0) is 15.4. The third kappa shape index (κ3) is 4.13. The minimum atomic E-state index is 0.134. The normalized spacial score (nSPS) is 12.2. The van der Waals surface area contributed by atoms with Gasteiger partial charge in [0.05, 0.1) is 14.2 Å². The van der Waals surface area contributed by atoms with Gasteiger partial charge >= 0.3 is 0 Å². The highest BCUT2D eigenvalue weighted by Gasteiger charge is 2.13. The predicted octanol–water partition coefficient (Wildman–Crippen LogP) is 5.03. The number of hydrogen-bond donors (Lipinski definition) is 1. The van der Waals surface area contributed by atoms with Crippen LogP contribution in [0.2, 0.25) is 4.34 Å². The molecule has 1 aromatic carbocycles. The first-order chi connectivity index (χ1) is 10.0. The first-order valence-corrected chi connectivity index (χ1v) is 8.43. The Kier molecular flexibility index (Phi) is 5.93. The monoisotopic (exact) mass is 389 g/mol. The minimum Gasteiger partial charge on any atom is -0.497 e. The van der Waals surface area contributed by atoms with Gasteiger partial charge in [0.15, 0.2) is 0 Å². The smallest absolute Gasteiger partial charge is 0.123 e. The van der Waals surface area contributed by atoms with Crippen molar-refractivity contribution in [3.63, 3.8) is 0 Å². The molecule has 0 fully saturated rings. The van der Waals surface area contributed by atoms with E-state index in [-0.39, 0.29) is 6.04 Å². The van der Waals surface area contributed by atoms with Crippen molar-refractivity contribution in [2.45, 2.75) is 19.5 Å². The summed E-state index contributed by atoms with van der Waals surface area (Å²) in [5.41, 5.74) is 1.07. The molecule has 1 unspecified atom stereocenters. The van der Waals surface area contributed by atoms with Crippen molar-refractivity contribution in [1.82, 2.24) is 5.32 Å². The van der Waals surface area contributed by atoms with Gasteiger partial charge < -0.3 is 14.8 Å². The Balaban J connectivity index is 2.10. The predicted molar refractivity (Wildman–Crippen MR) is 91.8 cm³/mol. The summed E-state index contributed by atoms with van der Waals surface area (Å²) in [6, 6.07) is 7.98. The van der Waals surface area contributed by atoms with Gasteiger partial charge in [0, 0.05) is 27.5 Å². The van der Waals surface area contributed by atoms with Crippen LogP contribution in [0.1, 0.15) is 23.4 Å². The number of benzene rings is 1. The number of hydrogen-bond acceptors (Lipinski definition) is 4. The molecule has 0 saturated heterocycles. The van der Waals surface area contributed by atoms with Crippen molar-refractivity contribution in [3.8, 4) is 11.5 Å². The van der Waals surface area contributed by atoms with Gasteiger partial charge in [-0.1, -0.05) is 11.6 Å². The van der Waals surface area contributed by atoms with Gasteiger partial charge in [-0.05, 0) is 47.1 Å². The summed E-state index contributed by atoms with van der Waals surface area (Å²) in [7, 11) is 3.34. The van der Waals surface area contributed by atoms with Crippen molar-refractivity contribution in [2.24, 2.45) is 0 Å². The highest BCUT2D eigenvalue weighted by molar-refractivity contribution is 9.10. The summed E-state index contributed by atoms with van der Waals surface area (Å²) in [5.74, 6) is 1.67. The van der Waals surface area contributed by atoms with Crippen LogP contribution in [0.25, 0.3) is 0 Å². The number of halogens is 2. The third-order valence-electron chi connectivity index (χ3n) is 3.18. The first kappa shape index (κ1) is 16.6. The molecule has 0 radical (unpaired) electrons. The Bertz CT molecular complexity index is 598. The number of ether oxygens (including phenoxy) is 2. The topological polar surface area (TPSA) is 30.5 Å². The van der Waals surface area contributed by atoms with E-state index in [4.69, 9.17) is 21.1 Å². The van der Waals surface area contributed by atoms with Crippen molar-refractivity contribution in [2.75, 3.05) is 14.2 Å². The van der Waals surface area contributed by atoms with E-state index in [1.807, 2.05) is 24.3 Å². The molecule has 2 aromatic rings. The number of rotatable bonds is 6. The maximum Gasteiger partial charge on any atom is 0.123 e. The fourth-order valence-electron chi connectivity index (χ4n) is 2.02. The molecule has 0 aliphatic carbocycles. The second-order valence-corrected chi connectivity index (χ2v) is 7.14. The van der Waals surface area contributed by atoms with E-state index < -0.39 is 0 Å². The number of nitrogens with one attached hydrogen (secondary N) is 1. The molecular weight excluding hydrogens is 374 g/mol. The first-order valence-electron chi connectivity index (χ1n) is 6.44. The van der Waals surface area contributed by atoms with Crippen LogP contribution in [0.5, 0.6) is 11.5 Å². The maximum atomic E-state index is 6.06. The Hall–Kier alpha value is -0.750. The largest absolute Gasteiger partial charge is 0.497 e. The lowest BCUT2D eigenvalue weighted by atomic mass is 10.1. The van der Waals surface area contributed by atoms with Crippen LogP contribution in [0.3, 0.4) is 0 Å². The summed E-state index contributed by atoms with van der Waals surface area (Å²) >= 11 is 11.0. The summed E-state index contributed by atoms with van der Waals surface area (Å²) in [5, 5.41) is 3.48. The van der Waals surface area contributed by atoms with E-state index in [1.165, 1.54) is 4.88 Å². The van der Waals surface area contributed by atoms with Crippen LogP contribution >= 0.6 is 38.9 Å². The lowest BCUT2D eigenvalue weighted by Crippen LogP contribution is -2.18. The van der Waals surface area contributed by atoms with Gasteiger partial charge in [-0.2, -0.15) is 0 Å². The van der Waals surface area contributed by atoms with Crippen molar-refractivity contribution >= 4 is 38.9 Å². The van der Waals surface area contributed by atoms with Gasteiger partial charge in [0.25, 0.3) is 0 Å². The molecule has 0 aliphatic rings. The molecule has 0 aliphatic heterocycles. The molecule has 1 atom stereocenters. The molecule has 2 rings (SSSR count). The fourth-order valence-corrected chi connectivity index (χ4v) is 3.76. The zero-order valence-corrected chi connectivity index (χ0v) is 15.2. The van der Waals surface area contributed by atoms with Crippen LogP contribution < -0.4 is 14.8 Å². The average molecular weight is 391 g/mol. The minimum absolute atomic E-state index is 0.134. The lowest BCUT2D eigenvalue weighted by molar-refractivity contribution is 0.391. The van der Waals surface area contributed by atoms with Gasteiger partial charge in [-0.15, -0.1) is 11.3 Å². The van der Waals surface area contributed by atoms with Crippen molar-refractivity contribution in [3.05, 3.63) is 43.5 Å². The highest BCUT2D eigenvalue weighted by Crippen LogP contribution is 2.33. The van der Waals surface area contributed by atoms with Crippen LogP contribution in [0, 0.1) is 0 Å². The summed E-state index contributed by atoms with van der Waals surface area (Å²) in [6.07, 6.45) is 0. The number of thiophene rings is 1. The average Bonchev–Trinajstić information content (AvgIpc) is 2.82. The van der Waals surface area contributed by atoms with E-state index in [0.717, 1.165) is 32.4 Å². The van der Waals surface area contributed by atoms with Crippen LogP contribution in [-0.2, 0) is 6.54 Å². The molecular formula is C15H17BrClNO2S. The Morgan fingerprint density at radius 1 is 1.29 bits per heavy atom. The summed E-state index contributed by atoms with van der Waals surface area (Å²) in [6.45, 7) is 2.85. The van der Waals surface area contributed by atoms with Crippen LogP contribution in [-0.4, -0.2) is 14.2 Å². The molecule has 0 saturated carbocycles. The molecule has 1 N–H and O–H groups in total. The SMILES string of the molecule is COc1ccc(OC)c(C(C)NCc2cc(Br)c(Cl)s2)c1. The van der Waals surface area contributed by atoms with Crippen LogP contribution in [0.4, 0.5) is 0 Å². The Morgan fingerprint density at radius 3 is 2.62 bits per heavy atom. The summed E-state index contributed by atoms with van der Waals surface area (Å²) in [4.78, 5) is 1.18. The number of methoxy groups -OCH3 is 2. The zero-order valence-electron chi connectivity index (χ0n) is 12.1. The molecule has 6 heteroatoms. The second kappa shape index (κ2) is 7.49. The van der Waals surface area contributed by atoms with Gasteiger partial charge in [0.1, 0.15) is 15.8 Å². The van der Waals surface area contributed by atoms with E-state index in [2.05, 4.69) is 28.2 Å². The summed E-state index contributed by atoms with van der Waals surface area (Å²) < 4.78 is 12.4. The van der Waals surface area contributed by atoms with Crippen molar-refractivity contribution < 1.29 is 9.47 Å². The second-order valence-electron chi connectivity index (χ2n) is 4.54. The fraction of sp³-hybridized carbons (Fsp3) is 0.333.